The first-order valence-corrected chi connectivity index (χ1v) is 6.06. The van der Waals surface area contributed by atoms with Crippen molar-refractivity contribution < 1.29 is 14.6 Å². The Morgan fingerprint density at radius 2 is 2.39 bits per heavy atom. The summed E-state index contributed by atoms with van der Waals surface area (Å²) in [6.07, 6.45) is 1.20. The number of carboxylic acid groups (broad SMARTS) is 1. The van der Waals surface area contributed by atoms with E-state index in [4.69, 9.17) is 5.11 Å². The molecule has 0 saturated heterocycles. The third-order valence-electron chi connectivity index (χ3n) is 2.03. The molecule has 0 radical (unpaired) electrons. The topological polar surface area (TPSA) is 106 Å². The maximum absolute atomic E-state index is 11.4. The van der Waals surface area contributed by atoms with E-state index in [2.05, 4.69) is 15.2 Å². The van der Waals surface area contributed by atoms with Crippen LogP contribution in [0.15, 0.2) is 29.4 Å². The van der Waals surface area contributed by atoms with E-state index >= 15 is 0 Å². The zero-order valence-corrected chi connectivity index (χ0v) is 10.1. The minimum absolute atomic E-state index is 0.214. The molecular weight excluding hydrogens is 256 g/mol. The van der Waals surface area contributed by atoms with Crippen molar-refractivity contribution in [3.63, 3.8) is 0 Å². The van der Waals surface area contributed by atoms with Gasteiger partial charge in [-0.05, 0) is 17.8 Å². The molecule has 0 spiro atoms. The number of nitrogens with zero attached hydrogens (tertiary/aromatic N) is 3. The molecule has 0 amide bonds. The number of hydrogen-bond acceptors (Lipinski definition) is 5. The van der Waals surface area contributed by atoms with Crippen molar-refractivity contribution in [2.75, 3.05) is 0 Å². The standard InChI is InChI=1S/C10H10N4O3S/c15-10(16)5-7-11-8(13-12-7)6-18-9-3-1-2-4-14(9)17/h1-4H,5-6H2,(H,15,16)(H,11,12,13). The summed E-state index contributed by atoms with van der Waals surface area (Å²) in [7, 11) is 0. The van der Waals surface area contributed by atoms with Crippen LogP contribution in [0.25, 0.3) is 0 Å². The molecule has 2 rings (SSSR count). The summed E-state index contributed by atoms with van der Waals surface area (Å²) in [6.45, 7) is 0. The highest BCUT2D eigenvalue weighted by molar-refractivity contribution is 7.98. The van der Waals surface area contributed by atoms with Gasteiger partial charge >= 0.3 is 5.97 Å². The van der Waals surface area contributed by atoms with Crippen molar-refractivity contribution in [1.82, 2.24) is 15.2 Å². The average Bonchev–Trinajstić information content (AvgIpc) is 2.75. The van der Waals surface area contributed by atoms with Gasteiger partial charge in [0.15, 0.2) is 12.0 Å². The number of carbonyl (C=O) groups is 1. The normalized spacial score (nSPS) is 10.4. The Hall–Kier alpha value is -2.09. The van der Waals surface area contributed by atoms with Gasteiger partial charge in [0.2, 0.25) is 0 Å². The van der Waals surface area contributed by atoms with Gasteiger partial charge in [0.05, 0.1) is 5.75 Å². The zero-order chi connectivity index (χ0) is 13.0. The monoisotopic (exact) mass is 266 g/mol. The first-order valence-electron chi connectivity index (χ1n) is 5.08. The Kier molecular flexibility index (Phi) is 3.78. The molecule has 2 aromatic heterocycles. The average molecular weight is 266 g/mol. The fourth-order valence-electron chi connectivity index (χ4n) is 1.28. The molecule has 18 heavy (non-hydrogen) atoms. The Bertz CT molecular complexity index is 558. The quantitative estimate of drug-likeness (QED) is 0.460. The summed E-state index contributed by atoms with van der Waals surface area (Å²) in [4.78, 5) is 14.5. The summed E-state index contributed by atoms with van der Waals surface area (Å²) in [5.41, 5.74) is 0. The molecule has 0 unspecified atom stereocenters. The fraction of sp³-hybridized carbons (Fsp3) is 0.200. The molecule has 0 aliphatic rings. The Morgan fingerprint density at radius 3 is 3.11 bits per heavy atom. The Labute approximate surface area is 106 Å². The Morgan fingerprint density at radius 1 is 1.56 bits per heavy atom. The lowest BCUT2D eigenvalue weighted by Gasteiger charge is -2.00. The lowest BCUT2D eigenvalue weighted by molar-refractivity contribution is -0.645. The number of pyridine rings is 1. The summed E-state index contributed by atoms with van der Waals surface area (Å²) in [5, 5.41) is 26.9. The van der Waals surface area contributed by atoms with E-state index in [1.807, 2.05) is 0 Å². The lowest BCUT2D eigenvalue weighted by Crippen LogP contribution is -2.27. The van der Waals surface area contributed by atoms with Crippen LogP contribution in [0.4, 0.5) is 0 Å². The van der Waals surface area contributed by atoms with Crippen LogP contribution in [-0.2, 0) is 17.0 Å². The molecule has 2 N–H and O–H groups in total. The van der Waals surface area contributed by atoms with Gasteiger partial charge in [-0.1, -0.05) is 0 Å². The first kappa shape index (κ1) is 12.4. The molecule has 0 aliphatic heterocycles. The number of hydrogen-bond donors (Lipinski definition) is 2. The second kappa shape index (κ2) is 5.50. The molecule has 0 saturated carbocycles. The number of aromatic amines is 1. The fourth-order valence-corrected chi connectivity index (χ4v) is 2.06. The minimum Gasteiger partial charge on any atom is -0.618 e. The first-order chi connectivity index (χ1) is 8.65. The summed E-state index contributed by atoms with van der Waals surface area (Å²) < 4.78 is 0.763. The highest BCUT2D eigenvalue weighted by Gasteiger charge is 2.10. The predicted molar refractivity (Wildman–Crippen MR) is 62.7 cm³/mol. The van der Waals surface area contributed by atoms with Gasteiger partial charge < -0.3 is 10.3 Å². The molecular formula is C10H10N4O3S. The number of nitrogens with one attached hydrogen (secondary N) is 1. The molecule has 7 nitrogen and oxygen atoms in total. The molecule has 2 heterocycles. The number of carboxylic acids is 1. The van der Waals surface area contributed by atoms with E-state index in [0.717, 1.165) is 4.73 Å². The maximum Gasteiger partial charge on any atom is 0.311 e. The SMILES string of the molecule is O=C(O)Cc1n[nH]c(CSc2cccc[n+]2[O-])n1. The number of aromatic nitrogens is 4. The molecule has 8 heteroatoms. The largest absolute Gasteiger partial charge is 0.618 e. The third kappa shape index (κ3) is 3.20. The van der Waals surface area contributed by atoms with Crippen LogP contribution in [-0.4, -0.2) is 26.3 Å². The number of H-pyrrole nitrogens is 1. The molecule has 0 aliphatic carbocycles. The number of thioether (sulfide) groups is 1. The van der Waals surface area contributed by atoms with Crippen LogP contribution >= 0.6 is 11.8 Å². The van der Waals surface area contributed by atoms with Gasteiger partial charge in [-0.25, -0.2) is 4.98 Å². The van der Waals surface area contributed by atoms with Crippen molar-refractivity contribution in [1.29, 1.82) is 0 Å². The van der Waals surface area contributed by atoms with E-state index in [1.165, 1.54) is 18.0 Å². The van der Waals surface area contributed by atoms with Crippen molar-refractivity contribution in [3.05, 3.63) is 41.3 Å². The highest BCUT2D eigenvalue weighted by atomic mass is 32.2. The lowest BCUT2D eigenvalue weighted by atomic mass is 10.4. The highest BCUT2D eigenvalue weighted by Crippen LogP contribution is 2.16. The molecule has 0 bridgehead atoms. The molecule has 0 atom stereocenters. The van der Waals surface area contributed by atoms with Gasteiger partial charge in [-0.15, -0.1) is 0 Å². The Balaban J connectivity index is 1.96. The smallest absolute Gasteiger partial charge is 0.311 e. The van der Waals surface area contributed by atoms with Gasteiger partial charge in [0, 0.05) is 12.1 Å². The van der Waals surface area contributed by atoms with Crippen LogP contribution in [0.2, 0.25) is 0 Å². The van der Waals surface area contributed by atoms with Crippen molar-refractivity contribution in [3.8, 4) is 0 Å². The van der Waals surface area contributed by atoms with Gasteiger partial charge in [0.1, 0.15) is 12.2 Å². The van der Waals surface area contributed by atoms with Crippen LogP contribution in [0, 0.1) is 5.21 Å². The van der Waals surface area contributed by atoms with Crippen molar-refractivity contribution in [2.24, 2.45) is 0 Å². The second-order valence-electron chi connectivity index (χ2n) is 3.42. The molecule has 2 aromatic rings. The van der Waals surface area contributed by atoms with Gasteiger partial charge in [0.25, 0.3) is 5.03 Å². The summed E-state index contributed by atoms with van der Waals surface area (Å²) in [5.74, 6) is 0.230. The van der Waals surface area contributed by atoms with E-state index in [9.17, 15) is 10.0 Å². The van der Waals surface area contributed by atoms with Crippen LogP contribution in [0.1, 0.15) is 11.6 Å². The molecule has 94 valence electrons. The van der Waals surface area contributed by atoms with E-state index < -0.39 is 5.97 Å². The predicted octanol–water partition coefficient (Wildman–Crippen LogP) is 0.357. The minimum atomic E-state index is -0.978. The van der Waals surface area contributed by atoms with E-state index in [-0.39, 0.29) is 12.2 Å². The molecule has 0 aromatic carbocycles. The van der Waals surface area contributed by atoms with Crippen molar-refractivity contribution >= 4 is 17.7 Å². The van der Waals surface area contributed by atoms with Crippen molar-refractivity contribution in [2.45, 2.75) is 17.2 Å². The molecule has 0 fully saturated rings. The second-order valence-corrected chi connectivity index (χ2v) is 4.42. The summed E-state index contributed by atoms with van der Waals surface area (Å²) in [6, 6.07) is 5.12. The van der Waals surface area contributed by atoms with Gasteiger partial charge in [-0.2, -0.15) is 9.83 Å². The van der Waals surface area contributed by atoms with Crippen LogP contribution < -0.4 is 4.73 Å². The maximum atomic E-state index is 11.4. The number of rotatable bonds is 5. The van der Waals surface area contributed by atoms with Crippen LogP contribution in [0.5, 0.6) is 0 Å². The zero-order valence-electron chi connectivity index (χ0n) is 9.24. The summed E-state index contributed by atoms with van der Waals surface area (Å²) >= 11 is 1.30. The van der Waals surface area contributed by atoms with Gasteiger partial charge in [-0.3, -0.25) is 9.89 Å². The third-order valence-corrected chi connectivity index (χ3v) is 3.06. The number of aliphatic carboxylic acids is 1. The van der Waals surface area contributed by atoms with E-state index in [1.54, 1.807) is 18.2 Å². The van der Waals surface area contributed by atoms with Crippen LogP contribution in [0.3, 0.4) is 0 Å². The van der Waals surface area contributed by atoms with E-state index in [0.29, 0.717) is 16.6 Å².